The van der Waals surface area contributed by atoms with Gasteiger partial charge >= 0.3 is 19.4 Å². The van der Waals surface area contributed by atoms with Crippen LogP contribution in [-0.4, -0.2) is 52.1 Å². The maximum absolute atomic E-state index is 13.8. The number of nitrogen functional groups attached to an aromatic ring is 1. The third-order valence-electron chi connectivity index (χ3n) is 5.84. The lowest BCUT2D eigenvalue weighted by molar-refractivity contribution is -0.146. The number of para-hydroxylation sites is 1. The molecule has 1 saturated heterocycles. The number of terminal acetylenes is 1. The molecule has 1 fully saturated rings. The van der Waals surface area contributed by atoms with E-state index in [0.717, 1.165) is 4.57 Å². The van der Waals surface area contributed by atoms with Gasteiger partial charge in [0.25, 0.3) is 0 Å². The molecule has 1 aromatic carbocycles. The molecule has 0 spiro atoms. The van der Waals surface area contributed by atoms with E-state index in [9.17, 15) is 19.3 Å². The monoisotopic (exact) mass is 548 g/mol. The normalized spacial score (nSPS) is 25.3. The average molecular weight is 549 g/mol. The van der Waals surface area contributed by atoms with Crippen molar-refractivity contribution >= 4 is 19.5 Å². The van der Waals surface area contributed by atoms with E-state index in [1.165, 1.54) is 26.1 Å². The fourth-order valence-electron chi connectivity index (χ4n) is 3.70. The van der Waals surface area contributed by atoms with Crippen LogP contribution in [0, 0.1) is 23.7 Å². The van der Waals surface area contributed by atoms with E-state index in [2.05, 4.69) is 16.0 Å². The number of hydrogen-bond donors (Lipinski definition) is 3. The molecule has 2 aromatic rings. The van der Waals surface area contributed by atoms with Gasteiger partial charge < -0.3 is 24.8 Å². The van der Waals surface area contributed by atoms with Crippen LogP contribution in [0.3, 0.4) is 0 Å². The molecule has 3 rings (SSSR count). The molecule has 2 heterocycles. The van der Waals surface area contributed by atoms with Gasteiger partial charge in [0.05, 0.1) is 13.2 Å². The molecule has 12 nitrogen and oxygen atoms in total. The van der Waals surface area contributed by atoms with E-state index in [1.807, 2.05) is 13.8 Å². The Kier molecular flexibility index (Phi) is 9.35. The highest BCUT2D eigenvalue weighted by Crippen LogP contribution is 2.48. The molecule has 0 amide bonds. The Morgan fingerprint density at radius 1 is 1.34 bits per heavy atom. The lowest BCUT2D eigenvalue weighted by Gasteiger charge is -2.28. The summed E-state index contributed by atoms with van der Waals surface area (Å²) in [7, 11) is -4.23. The SMILES string of the molecule is C#C[C@@]1(C)C(n2ccc(N)nc2=O)OC(COP(=O)(NC(C)C(=O)OCC(C)C)Oc2ccccc2)[C@H]1O. The molecule has 1 aliphatic rings. The van der Waals surface area contributed by atoms with Gasteiger partial charge in [0.2, 0.25) is 0 Å². The van der Waals surface area contributed by atoms with Gasteiger partial charge in [0.1, 0.15) is 35.2 Å². The van der Waals surface area contributed by atoms with Gasteiger partial charge in [-0.25, -0.2) is 9.36 Å². The Balaban J connectivity index is 1.81. The highest BCUT2D eigenvalue weighted by Gasteiger charge is 2.54. The summed E-state index contributed by atoms with van der Waals surface area (Å²) < 4.78 is 37.3. The number of carbonyl (C=O) groups excluding carboxylic acids is 1. The Morgan fingerprint density at radius 2 is 2.03 bits per heavy atom. The fraction of sp³-hybridized carbons (Fsp3) is 0.480. The number of carbonyl (C=O) groups is 1. The molecule has 206 valence electrons. The standard InChI is InChI=1S/C25H33N4O8P/c1-6-25(5)21(30)19(36-23(25)29-13-12-20(26)27-24(29)32)15-35-38(33,37-18-10-8-7-9-11-18)28-17(4)22(31)34-14-16(2)3/h1,7-13,16-17,19,21,23,30H,14-15H2,2-5H3,(H,28,33)(H2,26,27,32)/t17?,19?,21-,23?,25-,38?/m1/s1. The fourth-order valence-corrected chi connectivity index (χ4v) is 5.21. The van der Waals surface area contributed by atoms with Gasteiger partial charge in [-0.05, 0) is 38.0 Å². The van der Waals surface area contributed by atoms with Gasteiger partial charge in [-0.15, -0.1) is 6.42 Å². The summed E-state index contributed by atoms with van der Waals surface area (Å²) in [6.45, 7) is 6.49. The number of nitrogens with zero attached hydrogens (tertiary/aromatic N) is 2. The number of benzene rings is 1. The highest BCUT2D eigenvalue weighted by molar-refractivity contribution is 7.52. The largest absolute Gasteiger partial charge is 0.464 e. The number of ether oxygens (including phenoxy) is 2. The number of aliphatic hydroxyl groups excluding tert-OH is 1. The smallest absolute Gasteiger partial charge is 0.459 e. The van der Waals surface area contributed by atoms with Crippen molar-refractivity contribution in [2.75, 3.05) is 18.9 Å². The van der Waals surface area contributed by atoms with Crippen molar-refractivity contribution in [1.29, 1.82) is 0 Å². The van der Waals surface area contributed by atoms with Crippen LogP contribution < -0.4 is 21.0 Å². The van der Waals surface area contributed by atoms with E-state index in [1.54, 1.807) is 30.3 Å². The lowest BCUT2D eigenvalue weighted by atomic mass is 9.83. The molecule has 0 saturated carbocycles. The van der Waals surface area contributed by atoms with Gasteiger partial charge in [-0.1, -0.05) is 38.0 Å². The lowest BCUT2D eigenvalue weighted by Crippen LogP contribution is -2.40. The van der Waals surface area contributed by atoms with Crippen LogP contribution in [0.1, 0.15) is 33.9 Å². The molecule has 1 aromatic heterocycles. The van der Waals surface area contributed by atoms with Crippen molar-refractivity contribution in [2.24, 2.45) is 11.3 Å². The summed E-state index contributed by atoms with van der Waals surface area (Å²) in [5, 5.41) is 13.6. The van der Waals surface area contributed by atoms with Crippen molar-refractivity contribution in [3.8, 4) is 18.1 Å². The molecular weight excluding hydrogens is 515 g/mol. The zero-order chi connectivity index (χ0) is 28.1. The summed E-state index contributed by atoms with van der Waals surface area (Å²) in [5.74, 6) is 2.18. The molecule has 0 radical (unpaired) electrons. The summed E-state index contributed by atoms with van der Waals surface area (Å²) in [5.41, 5.74) is 3.48. The zero-order valence-corrected chi connectivity index (χ0v) is 22.5. The van der Waals surface area contributed by atoms with E-state index in [4.69, 9.17) is 30.7 Å². The predicted molar refractivity (Wildman–Crippen MR) is 139 cm³/mol. The number of anilines is 1. The van der Waals surface area contributed by atoms with Crippen LogP contribution in [0.5, 0.6) is 5.75 Å². The molecule has 6 atom stereocenters. The number of nitrogens with two attached hydrogens (primary N) is 1. The predicted octanol–water partition coefficient (Wildman–Crippen LogP) is 2.10. The van der Waals surface area contributed by atoms with Gasteiger partial charge in [0.15, 0.2) is 6.23 Å². The van der Waals surface area contributed by atoms with Crippen molar-refractivity contribution in [3.05, 3.63) is 53.1 Å². The van der Waals surface area contributed by atoms with Crippen molar-refractivity contribution in [2.45, 2.75) is 52.2 Å². The first-order valence-corrected chi connectivity index (χ1v) is 13.5. The number of aliphatic hydroxyl groups is 1. The van der Waals surface area contributed by atoms with Crippen molar-refractivity contribution < 1.29 is 33.0 Å². The van der Waals surface area contributed by atoms with E-state index < -0.39 is 55.9 Å². The maximum atomic E-state index is 13.8. The summed E-state index contributed by atoms with van der Waals surface area (Å²) in [6.07, 6.45) is 3.51. The molecule has 13 heteroatoms. The highest BCUT2D eigenvalue weighted by atomic mass is 31.2. The van der Waals surface area contributed by atoms with Crippen LogP contribution >= 0.6 is 7.75 Å². The maximum Gasteiger partial charge on any atom is 0.459 e. The molecule has 38 heavy (non-hydrogen) atoms. The number of esters is 1. The minimum absolute atomic E-state index is 0.0122. The second-order valence-electron chi connectivity index (χ2n) is 9.51. The number of rotatable bonds is 11. The van der Waals surface area contributed by atoms with Gasteiger partial charge in [0, 0.05) is 6.20 Å². The number of nitrogens with one attached hydrogen (secondary N) is 1. The first kappa shape index (κ1) is 29.4. The van der Waals surface area contributed by atoms with Crippen LogP contribution in [-0.2, 0) is 23.4 Å². The Bertz CT molecular complexity index is 1260. The minimum atomic E-state index is -4.23. The molecule has 0 bridgehead atoms. The van der Waals surface area contributed by atoms with Crippen LogP contribution in [0.2, 0.25) is 0 Å². The van der Waals surface area contributed by atoms with Crippen LogP contribution in [0.4, 0.5) is 5.82 Å². The summed E-state index contributed by atoms with van der Waals surface area (Å²) in [4.78, 5) is 28.5. The zero-order valence-electron chi connectivity index (χ0n) is 21.6. The molecule has 4 unspecified atom stereocenters. The Labute approximate surface area is 221 Å². The van der Waals surface area contributed by atoms with E-state index in [0.29, 0.717) is 0 Å². The number of hydrogen-bond acceptors (Lipinski definition) is 10. The summed E-state index contributed by atoms with van der Waals surface area (Å²) in [6, 6.07) is 8.55. The summed E-state index contributed by atoms with van der Waals surface area (Å²) >= 11 is 0. The third kappa shape index (κ3) is 6.81. The Morgan fingerprint density at radius 3 is 2.63 bits per heavy atom. The van der Waals surface area contributed by atoms with E-state index in [-0.39, 0.29) is 24.1 Å². The second-order valence-corrected chi connectivity index (χ2v) is 11.2. The topological polar surface area (TPSA) is 164 Å². The molecule has 1 aliphatic heterocycles. The van der Waals surface area contributed by atoms with Crippen molar-refractivity contribution in [3.63, 3.8) is 0 Å². The van der Waals surface area contributed by atoms with Gasteiger partial charge in [-0.3, -0.25) is 13.9 Å². The van der Waals surface area contributed by atoms with E-state index >= 15 is 0 Å². The molecular formula is C25H33N4O8P. The molecule has 4 N–H and O–H groups in total. The average Bonchev–Trinajstić information content (AvgIpc) is 3.12. The van der Waals surface area contributed by atoms with Crippen LogP contribution in [0.25, 0.3) is 0 Å². The van der Waals surface area contributed by atoms with Gasteiger partial charge in [-0.2, -0.15) is 10.1 Å². The third-order valence-corrected chi connectivity index (χ3v) is 7.48. The first-order valence-electron chi connectivity index (χ1n) is 12.0. The molecule has 0 aliphatic carbocycles. The number of aromatic nitrogens is 2. The Hall–Kier alpha value is -3.20. The van der Waals surface area contributed by atoms with Crippen LogP contribution in [0.15, 0.2) is 47.4 Å². The minimum Gasteiger partial charge on any atom is -0.464 e. The second kappa shape index (κ2) is 12.1. The van der Waals surface area contributed by atoms with Crippen molar-refractivity contribution in [1.82, 2.24) is 14.6 Å². The first-order chi connectivity index (χ1) is 17.9. The quantitative estimate of drug-likeness (QED) is 0.214.